The number of halogens is 1. The summed E-state index contributed by atoms with van der Waals surface area (Å²) in [7, 11) is 0. The Morgan fingerprint density at radius 2 is 1.13 bits per heavy atom. The van der Waals surface area contributed by atoms with Gasteiger partial charge in [-0.2, -0.15) is 0 Å². The molecule has 1 aliphatic heterocycles. The summed E-state index contributed by atoms with van der Waals surface area (Å²) in [6.07, 6.45) is -5.70. The van der Waals surface area contributed by atoms with Crippen molar-refractivity contribution >= 4 is 35.5 Å². The standard InChI is InChI=1S/C41H57ClO10/c1-14-47-27-18-15-24(16-19-27)21-26-22-25(17-20-28(26)42)30-32(51-36(45)40(8,9)10)33(52-37(46)41(11,12)13)31(50-35(44)39(5,6)7)29(49-30)23-48-34(43)38(2,3)4/h15-20,22,29-33H,14,21,23H2,1-13H3/t29-,30+,31-,32+,33+/m1/s1. The molecule has 0 amide bonds. The lowest BCUT2D eigenvalue weighted by Crippen LogP contribution is -2.61. The van der Waals surface area contributed by atoms with E-state index in [-0.39, 0.29) is 6.61 Å². The minimum Gasteiger partial charge on any atom is -0.494 e. The van der Waals surface area contributed by atoms with Gasteiger partial charge in [0.25, 0.3) is 0 Å². The smallest absolute Gasteiger partial charge is 0.311 e. The van der Waals surface area contributed by atoms with Crippen LogP contribution in [-0.2, 0) is 49.3 Å². The van der Waals surface area contributed by atoms with Crippen LogP contribution in [0.1, 0.15) is 113 Å². The molecule has 1 saturated heterocycles. The second-order valence-electron chi connectivity index (χ2n) is 17.4. The van der Waals surface area contributed by atoms with E-state index in [1.165, 1.54) is 0 Å². The van der Waals surface area contributed by atoms with E-state index in [1.807, 2.05) is 37.3 Å². The predicted molar refractivity (Wildman–Crippen MR) is 198 cm³/mol. The summed E-state index contributed by atoms with van der Waals surface area (Å²) in [6, 6.07) is 13.0. The second kappa shape index (κ2) is 16.6. The molecule has 1 heterocycles. The van der Waals surface area contributed by atoms with Crippen LogP contribution in [0, 0.1) is 21.7 Å². The Kier molecular flexibility index (Phi) is 13.6. The summed E-state index contributed by atoms with van der Waals surface area (Å²) in [6.45, 7) is 22.5. The fourth-order valence-corrected chi connectivity index (χ4v) is 5.18. The van der Waals surface area contributed by atoms with Crippen LogP contribution in [0.2, 0.25) is 5.02 Å². The van der Waals surface area contributed by atoms with Crippen molar-refractivity contribution in [1.29, 1.82) is 0 Å². The quantitative estimate of drug-likeness (QED) is 0.174. The molecule has 10 nitrogen and oxygen atoms in total. The Balaban J connectivity index is 2.23. The highest BCUT2D eigenvalue weighted by atomic mass is 35.5. The van der Waals surface area contributed by atoms with Crippen molar-refractivity contribution in [3.05, 3.63) is 64.2 Å². The molecule has 5 atom stereocenters. The Labute approximate surface area is 314 Å². The highest BCUT2D eigenvalue weighted by Crippen LogP contribution is 2.41. The molecule has 3 rings (SSSR count). The molecular weight excluding hydrogens is 688 g/mol. The van der Waals surface area contributed by atoms with Gasteiger partial charge in [-0.3, -0.25) is 19.2 Å². The van der Waals surface area contributed by atoms with E-state index < -0.39 is 76.1 Å². The minimum atomic E-state index is -1.35. The zero-order chi connectivity index (χ0) is 39.4. The molecule has 0 saturated carbocycles. The zero-order valence-electron chi connectivity index (χ0n) is 33.0. The molecule has 0 aliphatic carbocycles. The van der Waals surface area contributed by atoms with Gasteiger partial charge in [0.05, 0.1) is 28.3 Å². The molecule has 0 N–H and O–H groups in total. The largest absolute Gasteiger partial charge is 0.494 e. The number of ether oxygens (including phenoxy) is 6. The van der Waals surface area contributed by atoms with Crippen LogP contribution in [0.25, 0.3) is 0 Å². The van der Waals surface area contributed by atoms with Gasteiger partial charge in [0, 0.05) is 5.02 Å². The number of carbonyl (C=O) groups is 4. The normalized spacial score (nSPS) is 21.2. The molecule has 0 spiro atoms. The first-order valence-corrected chi connectivity index (χ1v) is 18.2. The van der Waals surface area contributed by atoms with Crippen molar-refractivity contribution < 1.29 is 47.6 Å². The van der Waals surface area contributed by atoms with Gasteiger partial charge in [0.1, 0.15) is 24.6 Å². The lowest BCUT2D eigenvalue weighted by atomic mass is 9.88. The minimum absolute atomic E-state index is 0.342. The molecule has 0 bridgehead atoms. The number of benzene rings is 2. The van der Waals surface area contributed by atoms with E-state index in [2.05, 4.69) is 0 Å². The molecule has 2 aromatic carbocycles. The number of hydrogen-bond acceptors (Lipinski definition) is 10. The topological polar surface area (TPSA) is 124 Å². The summed E-state index contributed by atoms with van der Waals surface area (Å²) < 4.78 is 36.5. The molecular formula is C41H57ClO10. The van der Waals surface area contributed by atoms with Gasteiger partial charge in [-0.15, -0.1) is 0 Å². The van der Waals surface area contributed by atoms with Gasteiger partial charge in [0.2, 0.25) is 0 Å². The Hall–Kier alpha value is -3.63. The van der Waals surface area contributed by atoms with Crippen LogP contribution in [0.3, 0.4) is 0 Å². The first-order valence-electron chi connectivity index (χ1n) is 17.8. The molecule has 1 fully saturated rings. The number of esters is 4. The van der Waals surface area contributed by atoms with Crippen molar-refractivity contribution in [3.8, 4) is 5.75 Å². The van der Waals surface area contributed by atoms with Crippen LogP contribution >= 0.6 is 11.6 Å². The SMILES string of the molecule is CCOc1ccc(Cc2cc([C@@H]3O[C@H](COC(=O)C(C)(C)C)[C@@H](OC(=O)C(C)(C)C)[C@H](OC(=O)C(C)(C)C)[C@H]3OC(=O)C(C)(C)C)ccc2Cl)cc1. The fourth-order valence-electron chi connectivity index (χ4n) is 4.99. The Morgan fingerprint density at radius 3 is 1.62 bits per heavy atom. The van der Waals surface area contributed by atoms with E-state index in [4.69, 9.17) is 40.0 Å². The summed E-state index contributed by atoms with van der Waals surface area (Å²) in [5.41, 5.74) is -1.47. The molecule has 0 aromatic heterocycles. The fraction of sp³-hybridized carbons (Fsp3) is 0.610. The third-order valence-electron chi connectivity index (χ3n) is 8.22. The average Bonchev–Trinajstić information content (AvgIpc) is 3.01. The summed E-state index contributed by atoms with van der Waals surface area (Å²) in [5.74, 6) is -1.59. The number of hydrogen-bond donors (Lipinski definition) is 0. The van der Waals surface area contributed by atoms with Gasteiger partial charge in [-0.1, -0.05) is 35.9 Å². The molecule has 1 aliphatic rings. The summed E-state index contributed by atoms with van der Waals surface area (Å²) in [4.78, 5) is 53.8. The highest BCUT2D eigenvalue weighted by molar-refractivity contribution is 6.31. The van der Waals surface area contributed by atoms with Crippen molar-refractivity contribution in [2.24, 2.45) is 21.7 Å². The maximum absolute atomic E-state index is 13.6. The lowest BCUT2D eigenvalue weighted by Gasteiger charge is -2.46. The van der Waals surface area contributed by atoms with Crippen LogP contribution in [0.5, 0.6) is 5.75 Å². The molecule has 288 valence electrons. The zero-order valence-corrected chi connectivity index (χ0v) is 33.8. The Bertz CT molecular complexity index is 1570. The van der Waals surface area contributed by atoms with Crippen molar-refractivity contribution in [3.63, 3.8) is 0 Å². The number of rotatable bonds is 10. The van der Waals surface area contributed by atoms with Crippen LogP contribution < -0.4 is 4.74 Å². The monoisotopic (exact) mass is 744 g/mol. The first kappa shape index (κ1) is 42.8. The molecule has 52 heavy (non-hydrogen) atoms. The molecule has 0 radical (unpaired) electrons. The molecule has 0 unspecified atom stereocenters. The van der Waals surface area contributed by atoms with Gasteiger partial charge in [-0.05, 0) is 131 Å². The summed E-state index contributed by atoms with van der Waals surface area (Å²) in [5, 5.41) is 0.500. The highest BCUT2D eigenvalue weighted by Gasteiger charge is 2.55. The third kappa shape index (κ3) is 11.4. The second-order valence-corrected chi connectivity index (χ2v) is 17.8. The number of carbonyl (C=O) groups excluding carboxylic acids is 4. The van der Waals surface area contributed by atoms with Crippen LogP contribution in [0.15, 0.2) is 42.5 Å². The van der Waals surface area contributed by atoms with Crippen molar-refractivity contribution in [2.45, 2.75) is 127 Å². The van der Waals surface area contributed by atoms with Crippen LogP contribution in [-0.4, -0.2) is 61.5 Å². The van der Waals surface area contributed by atoms with E-state index >= 15 is 0 Å². The average molecular weight is 745 g/mol. The summed E-state index contributed by atoms with van der Waals surface area (Å²) >= 11 is 6.74. The molecule has 11 heteroatoms. The van der Waals surface area contributed by atoms with E-state index in [9.17, 15) is 19.2 Å². The van der Waals surface area contributed by atoms with Gasteiger partial charge in [0.15, 0.2) is 18.3 Å². The third-order valence-corrected chi connectivity index (χ3v) is 8.59. The van der Waals surface area contributed by atoms with Gasteiger partial charge in [-0.25, -0.2) is 0 Å². The first-order chi connectivity index (χ1) is 23.8. The van der Waals surface area contributed by atoms with E-state index in [1.54, 1.807) is 95.2 Å². The van der Waals surface area contributed by atoms with Crippen molar-refractivity contribution in [2.75, 3.05) is 13.2 Å². The Morgan fingerprint density at radius 1 is 0.654 bits per heavy atom. The maximum Gasteiger partial charge on any atom is 0.311 e. The van der Waals surface area contributed by atoms with E-state index in [0.717, 1.165) is 16.9 Å². The molecule has 2 aromatic rings. The van der Waals surface area contributed by atoms with Crippen molar-refractivity contribution in [1.82, 2.24) is 0 Å². The maximum atomic E-state index is 13.6. The van der Waals surface area contributed by atoms with Crippen LogP contribution in [0.4, 0.5) is 0 Å². The lowest BCUT2D eigenvalue weighted by molar-refractivity contribution is -0.262. The van der Waals surface area contributed by atoms with Gasteiger partial charge >= 0.3 is 23.9 Å². The van der Waals surface area contributed by atoms with Gasteiger partial charge < -0.3 is 28.4 Å². The predicted octanol–water partition coefficient (Wildman–Crippen LogP) is 8.23. The van der Waals surface area contributed by atoms with E-state index in [0.29, 0.717) is 23.6 Å².